The first kappa shape index (κ1) is 23.0. The minimum Gasteiger partial charge on any atom is -0.483 e. The molecular formula is C22H26Cl2N2O3. The molecule has 2 aromatic carbocycles. The molecule has 1 N–H and O–H groups in total. The van der Waals surface area contributed by atoms with Gasteiger partial charge in [0.1, 0.15) is 11.8 Å². The van der Waals surface area contributed by atoms with Crippen molar-refractivity contribution >= 4 is 35.0 Å². The van der Waals surface area contributed by atoms with E-state index in [2.05, 4.69) is 19.2 Å². The van der Waals surface area contributed by atoms with E-state index in [9.17, 15) is 9.59 Å². The van der Waals surface area contributed by atoms with Crippen molar-refractivity contribution in [2.24, 2.45) is 0 Å². The van der Waals surface area contributed by atoms with Crippen LogP contribution in [0.5, 0.6) is 5.75 Å². The van der Waals surface area contributed by atoms with E-state index >= 15 is 0 Å². The van der Waals surface area contributed by atoms with Crippen molar-refractivity contribution in [1.29, 1.82) is 0 Å². The van der Waals surface area contributed by atoms with E-state index in [-0.39, 0.29) is 30.9 Å². The number of amides is 2. The Balaban J connectivity index is 2.22. The molecule has 0 aliphatic carbocycles. The molecule has 0 fully saturated rings. The monoisotopic (exact) mass is 436 g/mol. The lowest BCUT2D eigenvalue weighted by Crippen LogP contribution is -2.48. The number of likely N-dealkylation sites (N-methyl/N-ethyl adjacent to an activating group) is 1. The molecule has 2 aromatic rings. The van der Waals surface area contributed by atoms with Gasteiger partial charge in [-0.15, -0.1) is 0 Å². The van der Waals surface area contributed by atoms with E-state index in [0.29, 0.717) is 21.4 Å². The molecule has 0 bridgehead atoms. The number of halogens is 2. The van der Waals surface area contributed by atoms with Gasteiger partial charge in [0.05, 0.1) is 0 Å². The second kappa shape index (κ2) is 10.5. The lowest BCUT2D eigenvalue weighted by atomic mass is 10.0. The fourth-order valence-corrected chi connectivity index (χ4v) is 3.40. The van der Waals surface area contributed by atoms with Crippen molar-refractivity contribution in [2.45, 2.75) is 39.3 Å². The van der Waals surface area contributed by atoms with E-state index in [4.69, 9.17) is 27.9 Å². The third-order valence-corrected chi connectivity index (χ3v) is 5.25. The summed E-state index contributed by atoms with van der Waals surface area (Å²) in [5, 5.41) is 3.52. The highest BCUT2D eigenvalue weighted by Gasteiger charge is 2.26. The Labute approximate surface area is 181 Å². The standard InChI is InChI=1S/C22H26Cl2N2O3/c1-14(2)18-7-5-6-8-20(18)29-13-21(27)26(15(3)22(28)25-4)12-16-9-10-17(23)11-19(16)24/h5-11,14-15H,12-13H2,1-4H3,(H,25,28)/t15-/m1/s1. The molecule has 0 aliphatic rings. The number of para-hydroxylation sites is 1. The number of hydrogen-bond acceptors (Lipinski definition) is 3. The predicted octanol–water partition coefficient (Wildman–Crippen LogP) is 4.66. The van der Waals surface area contributed by atoms with Gasteiger partial charge in [0, 0.05) is 23.6 Å². The molecule has 29 heavy (non-hydrogen) atoms. The minimum atomic E-state index is -0.691. The Morgan fingerprint density at radius 3 is 2.41 bits per heavy atom. The van der Waals surface area contributed by atoms with Gasteiger partial charge in [0.25, 0.3) is 5.91 Å². The first-order chi connectivity index (χ1) is 13.7. The van der Waals surface area contributed by atoms with Crippen LogP contribution in [0.1, 0.15) is 37.8 Å². The van der Waals surface area contributed by atoms with Crippen molar-refractivity contribution in [3.05, 3.63) is 63.6 Å². The van der Waals surface area contributed by atoms with Crippen LogP contribution in [0.25, 0.3) is 0 Å². The maximum absolute atomic E-state index is 13.0. The summed E-state index contributed by atoms with van der Waals surface area (Å²) in [6.07, 6.45) is 0. The molecule has 7 heteroatoms. The second-order valence-corrected chi connectivity index (χ2v) is 7.87. The highest BCUT2D eigenvalue weighted by atomic mass is 35.5. The van der Waals surface area contributed by atoms with Crippen molar-refractivity contribution in [2.75, 3.05) is 13.7 Å². The normalized spacial score (nSPS) is 11.8. The Bertz CT molecular complexity index is 871. The van der Waals surface area contributed by atoms with Crippen LogP contribution in [-0.2, 0) is 16.1 Å². The van der Waals surface area contributed by atoms with Gasteiger partial charge in [-0.3, -0.25) is 9.59 Å². The predicted molar refractivity (Wildman–Crippen MR) is 117 cm³/mol. The Morgan fingerprint density at radius 1 is 1.10 bits per heavy atom. The molecule has 156 valence electrons. The molecule has 0 saturated heterocycles. The number of nitrogens with zero attached hydrogens (tertiary/aromatic N) is 1. The first-order valence-corrected chi connectivity index (χ1v) is 10.2. The Morgan fingerprint density at radius 2 is 1.79 bits per heavy atom. The molecule has 0 aromatic heterocycles. The topological polar surface area (TPSA) is 58.6 Å². The summed E-state index contributed by atoms with van der Waals surface area (Å²) < 4.78 is 5.81. The summed E-state index contributed by atoms with van der Waals surface area (Å²) >= 11 is 12.2. The molecule has 5 nitrogen and oxygen atoms in total. The quantitative estimate of drug-likeness (QED) is 0.654. The zero-order valence-corrected chi connectivity index (χ0v) is 18.6. The first-order valence-electron chi connectivity index (χ1n) is 9.41. The van der Waals surface area contributed by atoms with Crippen molar-refractivity contribution in [3.8, 4) is 5.75 Å². The summed E-state index contributed by atoms with van der Waals surface area (Å²) in [7, 11) is 1.53. The minimum absolute atomic E-state index is 0.165. The average Bonchev–Trinajstić information content (AvgIpc) is 2.70. The van der Waals surface area contributed by atoms with Gasteiger partial charge in [-0.05, 0) is 42.2 Å². The molecule has 2 amide bonds. The molecule has 0 heterocycles. The molecule has 2 rings (SSSR count). The lowest BCUT2D eigenvalue weighted by Gasteiger charge is -2.29. The van der Waals surface area contributed by atoms with Crippen molar-refractivity contribution < 1.29 is 14.3 Å². The summed E-state index contributed by atoms with van der Waals surface area (Å²) in [5.41, 5.74) is 1.72. The van der Waals surface area contributed by atoms with E-state index in [1.807, 2.05) is 24.3 Å². The number of hydrogen-bond donors (Lipinski definition) is 1. The largest absolute Gasteiger partial charge is 0.483 e. The van der Waals surface area contributed by atoms with Gasteiger partial charge in [-0.25, -0.2) is 0 Å². The summed E-state index contributed by atoms with van der Waals surface area (Å²) in [4.78, 5) is 26.6. The number of benzene rings is 2. The number of carbonyl (C=O) groups excluding carboxylic acids is 2. The zero-order chi connectivity index (χ0) is 21.6. The number of ether oxygens (including phenoxy) is 1. The maximum Gasteiger partial charge on any atom is 0.261 e. The van der Waals surface area contributed by atoms with Crippen LogP contribution >= 0.6 is 23.2 Å². The van der Waals surface area contributed by atoms with Gasteiger partial charge >= 0.3 is 0 Å². The van der Waals surface area contributed by atoms with Crippen LogP contribution < -0.4 is 10.1 Å². The smallest absolute Gasteiger partial charge is 0.261 e. The van der Waals surface area contributed by atoms with E-state index in [0.717, 1.165) is 5.56 Å². The van der Waals surface area contributed by atoms with Crippen LogP contribution in [0.2, 0.25) is 10.0 Å². The molecule has 0 unspecified atom stereocenters. The SMILES string of the molecule is CNC(=O)[C@@H](C)N(Cc1ccc(Cl)cc1Cl)C(=O)COc1ccccc1C(C)C. The Hall–Kier alpha value is -2.24. The Kier molecular flexibility index (Phi) is 8.35. The number of nitrogens with one attached hydrogen (secondary N) is 1. The van der Waals surface area contributed by atoms with Crippen molar-refractivity contribution in [1.82, 2.24) is 10.2 Å². The summed E-state index contributed by atoms with van der Waals surface area (Å²) in [6.45, 7) is 5.77. The van der Waals surface area contributed by atoms with Gasteiger partial charge in [0.2, 0.25) is 5.91 Å². The van der Waals surface area contributed by atoms with Gasteiger partial charge in [0.15, 0.2) is 6.61 Å². The highest BCUT2D eigenvalue weighted by Crippen LogP contribution is 2.26. The molecule has 0 saturated carbocycles. The molecule has 0 radical (unpaired) electrons. The third kappa shape index (κ3) is 6.12. The molecule has 0 aliphatic heterocycles. The van der Waals surface area contributed by atoms with E-state index in [1.165, 1.54) is 11.9 Å². The lowest BCUT2D eigenvalue weighted by molar-refractivity contribution is -0.142. The van der Waals surface area contributed by atoms with Gasteiger partial charge < -0.3 is 15.0 Å². The van der Waals surface area contributed by atoms with Crippen LogP contribution in [0.15, 0.2) is 42.5 Å². The van der Waals surface area contributed by atoms with Crippen molar-refractivity contribution in [3.63, 3.8) is 0 Å². The average molecular weight is 437 g/mol. The van der Waals surface area contributed by atoms with Crippen LogP contribution in [0.4, 0.5) is 0 Å². The zero-order valence-electron chi connectivity index (χ0n) is 17.0. The van der Waals surface area contributed by atoms with Crippen LogP contribution in [-0.4, -0.2) is 36.4 Å². The van der Waals surface area contributed by atoms with Crippen LogP contribution in [0.3, 0.4) is 0 Å². The molecule has 0 spiro atoms. The maximum atomic E-state index is 13.0. The molecule has 1 atom stereocenters. The van der Waals surface area contributed by atoms with Gasteiger partial charge in [-0.2, -0.15) is 0 Å². The third-order valence-electron chi connectivity index (χ3n) is 4.66. The number of carbonyl (C=O) groups is 2. The van der Waals surface area contributed by atoms with E-state index < -0.39 is 6.04 Å². The second-order valence-electron chi connectivity index (χ2n) is 7.03. The highest BCUT2D eigenvalue weighted by molar-refractivity contribution is 6.35. The molecular weight excluding hydrogens is 411 g/mol. The van der Waals surface area contributed by atoms with Crippen LogP contribution in [0, 0.1) is 0 Å². The number of rotatable bonds is 8. The van der Waals surface area contributed by atoms with Gasteiger partial charge in [-0.1, -0.05) is 61.3 Å². The fourth-order valence-electron chi connectivity index (χ4n) is 2.94. The summed E-state index contributed by atoms with van der Waals surface area (Å²) in [5.74, 6) is 0.333. The van der Waals surface area contributed by atoms with E-state index in [1.54, 1.807) is 25.1 Å². The fraction of sp³-hybridized carbons (Fsp3) is 0.364. The summed E-state index contributed by atoms with van der Waals surface area (Å²) in [6, 6.07) is 12.0.